The lowest BCUT2D eigenvalue weighted by atomic mass is 10.2. The van der Waals surface area contributed by atoms with E-state index in [0.29, 0.717) is 23.0 Å². The molecule has 14 nitrogen and oxygen atoms in total. The number of sulfonamides is 2. The summed E-state index contributed by atoms with van der Waals surface area (Å²) in [6.07, 6.45) is 3.00. The zero-order valence-corrected chi connectivity index (χ0v) is 36.5. The molecule has 0 aliphatic heterocycles. The van der Waals surface area contributed by atoms with E-state index >= 15 is 0 Å². The smallest absolute Gasteiger partial charge is 0.270 e. The van der Waals surface area contributed by atoms with E-state index in [-0.39, 0.29) is 42.0 Å². The Kier molecular flexibility index (Phi) is 15.7. The Morgan fingerprint density at radius 3 is 1.15 bits per heavy atom. The van der Waals surface area contributed by atoms with Gasteiger partial charge >= 0.3 is 0 Å². The topological polar surface area (TPSA) is 167 Å². The molecule has 0 aliphatic rings. The summed E-state index contributed by atoms with van der Waals surface area (Å²) in [4.78, 5) is 27.0. The van der Waals surface area contributed by atoms with Gasteiger partial charge in [-0.15, -0.1) is 0 Å². The van der Waals surface area contributed by atoms with Gasteiger partial charge in [-0.2, -0.15) is 8.61 Å². The Morgan fingerprint density at radius 1 is 0.508 bits per heavy atom. The zero-order valence-electron chi connectivity index (χ0n) is 34.8. The van der Waals surface area contributed by atoms with Crippen molar-refractivity contribution < 1.29 is 35.8 Å². The number of rotatable bonds is 17. The van der Waals surface area contributed by atoms with Crippen LogP contribution in [0.25, 0.3) is 0 Å². The lowest BCUT2D eigenvalue weighted by Crippen LogP contribution is -2.36. The van der Waals surface area contributed by atoms with Crippen LogP contribution in [0.1, 0.15) is 42.1 Å². The SMILES string of the molecule is COc1ccc(CN(Cc2ccc(OC)cc2)S(=O)(=O)c2ccc[nH]c2=O)cc1.COc1ccc(CN(Cc2ccc(OC)cc2)S(=O)(=O)c2cccn(C(C)C)c2=O)cc1. The number of hydrogen-bond acceptors (Lipinski definition) is 10. The summed E-state index contributed by atoms with van der Waals surface area (Å²) in [5.74, 6) is 2.72. The molecule has 2 heterocycles. The number of nitrogens with one attached hydrogen (secondary N) is 1. The Balaban J connectivity index is 0.000000232. The number of nitrogens with zero attached hydrogens (tertiary/aromatic N) is 3. The summed E-state index contributed by atoms with van der Waals surface area (Å²) in [7, 11) is -1.83. The normalized spacial score (nSPS) is 11.6. The first-order chi connectivity index (χ1) is 29.2. The highest BCUT2D eigenvalue weighted by Crippen LogP contribution is 2.24. The van der Waals surface area contributed by atoms with Crippen molar-refractivity contribution in [2.45, 2.75) is 55.9 Å². The first kappa shape index (κ1) is 45.9. The van der Waals surface area contributed by atoms with Crippen molar-refractivity contribution in [1.82, 2.24) is 18.2 Å². The molecule has 0 amide bonds. The molecule has 2 aromatic heterocycles. The van der Waals surface area contributed by atoms with Gasteiger partial charge in [0, 0.05) is 44.6 Å². The van der Waals surface area contributed by atoms with Crippen LogP contribution >= 0.6 is 0 Å². The third kappa shape index (κ3) is 11.8. The van der Waals surface area contributed by atoms with Crippen molar-refractivity contribution >= 4 is 20.0 Å². The predicted molar refractivity (Wildman–Crippen MR) is 233 cm³/mol. The molecule has 322 valence electrons. The molecule has 1 N–H and O–H groups in total. The fourth-order valence-corrected chi connectivity index (χ4v) is 9.12. The van der Waals surface area contributed by atoms with Gasteiger partial charge < -0.3 is 28.5 Å². The van der Waals surface area contributed by atoms with E-state index in [1.165, 1.54) is 37.6 Å². The van der Waals surface area contributed by atoms with Crippen LogP contribution in [0.15, 0.2) is 153 Å². The predicted octanol–water partition coefficient (Wildman–Crippen LogP) is 6.62. The van der Waals surface area contributed by atoms with Gasteiger partial charge in [0.05, 0.1) is 28.4 Å². The van der Waals surface area contributed by atoms with E-state index in [4.69, 9.17) is 18.9 Å². The minimum absolute atomic E-state index is 0.104. The summed E-state index contributed by atoms with van der Waals surface area (Å²) in [5.41, 5.74) is 1.93. The Bertz CT molecular complexity index is 2580. The molecule has 0 aliphatic carbocycles. The fourth-order valence-electron chi connectivity index (χ4n) is 6.17. The standard InChI is InChI=1S/C24H28N2O5S.C21H22N2O5S/c1-18(2)26-15-5-6-23(24(26)27)32(28,29)25(16-19-7-11-21(30-3)12-8-19)17-20-9-13-22(31-4)14-10-20;1-27-18-9-5-16(6-10-18)14-23(15-17-7-11-19(28-2)12-8-17)29(25,26)20-4-3-13-22-21(20)24/h5-15,18H,16-17H2,1-4H3;3-13H,14-15H2,1-2H3,(H,22,24). The second-order valence-corrected chi connectivity index (χ2v) is 17.8. The molecular formula is C45H50N4O10S2. The highest BCUT2D eigenvalue weighted by molar-refractivity contribution is 7.89. The summed E-state index contributed by atoms with van der Waals surface area (Å²) in [5, 5.41) is 0. The number of hydrogen-bond donors (Lipinski definition) is 1. The summed E-state index contributed by atoms with van der Waals surface area (Å²) < 4.78 is 78.5. The van der Waals surface area contributed by atoms with Crippen LogP contribution < -0.4 is 30.1 Å². The Hall–Kier alpha value is -6.20. The number of aromatic amines is 1. The van der Waals surface area contributed by atoms with Gasteiger partial charge in [-0.3, -0.25) is 9.59 Å². The molecular weight excluding hydrogens is 821 g/mol. The molecule has 6 rings (SSSR count). The van der Waals surface area contributed by atoms with Crippen LogP contribution in [0, 0.1) is 0 Å². The maximum absolute atomic E-state index is 13.6. The van der Waals surface area contributed by atoms with E-state index < -0.39 is 31.2 Å². The van der Waals surface area contributed by atoms with Crippen molar-refractivity contribution in [3.05, 3.63) is 177 Å². The molecule has 61 heavy (non-hydrogen) atoms. The van der Waals surface area contributed by atoms with Crippen LogP contribution in [-0.2, 0) is 46.2 Å². The van der Waals surface area contributed by atoms with Crippen LogP contribution in [0.3, 0.4) is 0 Å². The van der Waals surface area contributed by atoms with Crippen molar-refractivity contribution in [3.63, 3.8) is 0 Å². The van der Waals surface area contributed by atoms with Crippen LogP contribution in [0.4, 0.5) is 0 Å². The van der Waals surface area contributed by atoms with Crippen LogP contribution in [-0.4, -0.2) is 63.4 Å². The average Bonchev–Trinajstić information content (AvgIpc) is 3.27. The first-order valence-electron chi connectivity index (χ1n) is 19.1. The number of H-pyrrole nitrogens is 1. The minimum Gasteiger partial charge on any atom is -0.497 e. The highest BCUT2D eigenvalue weighted by Gasteiger charge is 2.30. The van der Waals surface area contributed by atoms with Gasteiger partial charge in [-0.05, 0) is 109 Å². The quantitative estimate of drug-likeness (QED) is 0.105. The van der Waals surface area contributed by atoms with E-state index in [2.05, 4.69) is 4.98 Å². The minimum atomic E-state index is -4.08. The Morgan fingerprint density at radius 2 is 0.836 bits per heavy atom. The zero-order chi connectivity index (χ0) is 44.2. The molecule has 0 fully saturated rings. The van der Waals surface area contributed by atoms with Crippen LogP contribution in [0.2, 0.25) is 0 Å². The third-order valence-electron chi connectivity index (χ3n) is 9.59. The largest absolute Gasteiger partial charge is 0.497 e. The molecule has 0 spiro atoms. The number of methoxy groups -OCH3 is 4. The number of aromatic nitrogens is 2. The van der Waals surface area contributed by atoms with E-state index in [1.54, 1.807) is 113 Å². The molecule has 0 radical (unpaired) electrons. The number of benzene rings is 4. The summed E-state index contributed by atoms with van der Waals surface area (Å²) in [6.45, 7) is 4.09. The third-order valence-corrected chi connectivity index (χ3v) is 13.2. The number of ether oxygens (including phenoxy) is 4. The van der Waals surface area contributed by atoms with Gasteiger partial charge in [0.15, 0.2) is 0 Å². The van der Waals surface area contributed by atoms with Gasteiger partial charge in [-0.25, -0.2) is 16.8 Å². The fraction of sp³-hybridized carbons (Fsp3) is 0.244. The lowest BCUT2D eigenvalue weighted by molar-refractivity contribution is 0.396. The van der Waals surface area contributed by atoms with E-state index in [1.807, 2.05) is 38.1 Å². The van der Waals surface area contributed by atoms with Crippen molar-refractivity contribution in [3.8, 4) is 23.0 Å². The molecule has 0 unspecified atom stereocenters. The van der Waals surface area contributed by atoms with E-state index in [9.17, 15) is 26.4 Å². The molecule has 0 saturated heterocycles. The second kappa shape index (κ2) is 20.9. The first-order valence-corrected chi connectivity index (χ1v) is 22.0. The molecule has 0 atom stereocenters. The maximum atomic E-state index is 13.6. The highest BCUT2D eigenvalue weighted by atomic mass is 32.2. The van der Waals surface area contributed by atoms with Crippen molar-refractivity contribution in [2.24, 2.45) is 0 Å². The van der Waals surface area contributed by atoms with Crippen LogP contribution in [0.5, 0.6) is 23.0 Å². The van der Waals surface area contributed by atoms with Gasteiger partial charge in [0.25, 0.3) is 11.1 Å². The van der Waals surface area contributed by atoms with Gasteiger partial charge in [0.2, 0.25) is 20.0 Å². The summed E-state index contributed by atoms with van der Waals surface area (Å²) >= 11 is 0. The number of pyridine rings is 2. The second-order valence-electron chi connectivity index (χ2n) is 14.0. The van der Waals surface area contributed by atoms with Gasteiger partial charge in [0.1, 0.15) is 32.8 Å². The van der Waals surface area contributed by atoms with E-state index in [0.717, 1.165) is 22.3 Å². The van der Waals surface area contributed by atoms with Crippen molar-refractivity contribution in [1.29, 1.82) is 0 Å². The molecule has 6 aromatic rings. The van der Waals surface area contributed by atoms with Crippen molar-refractivity contribution in [2.75, 3.05) is 28.4 Å². The molecule has 0 bridgehead atoms. The summed E-state index contributed by atoms with van der Waals surface area (Å²) in [6, 6.07) is 34.2. The average molecular weight is 871 g/mol. The maximum Gasteiger partial charge on any atom is 0.270 e. The Labute approximate surface area is 356 Å². The molecule has 16 heteroatoms. The lowest BCUT2D eigenvalue weighted by Gasteiger charge is -2.23. The monoisotopic (exact) mass is 870 g/mol. The molecule has 4 aromatic carbocycles. The molecule has 0 saturated carbocycles. The van der Waals surface area contributed by atoms with Gasteiger partial charge in [-0.1, -0.05) is 48.5 Å².